The van der Waals surface area contributed by atoms with Gasteiger partial charge >= 0.3 is 0 Å². The fraction of sp³-hybridized carbons (Fsp3) is 0.444. The third-order valence-corrected chi connectivity index (χ3v) is 5.53. The molecule has 1 aromatic heterocycles. The number of aromatic amines is 1. The first-order valence-electron chi connectivity index (χ1n) is 8.32. The largest absolute Gasteiger partial charge is 0.349 e. The van der Waals surface area contributed by atoms with Crippen LogP contribution in [0.25, 0.3) is 0 Å². The van der Waals surface area contributed by atoms with Crippen molar-refractivity contribution >= 4 is 15.7 Å². The number of aryl methyl sites for hydroxylation is 2. The fourth-order valence-corrected chi connectivity index (χ4v) is 3.28. The lowest BCUT2D eigenvalue weighted by Crippen LogP contribution is -2.28. The van der Waals surface area contributed by atoms with Gasteiger partial charge in [-0.05, 0) is 43.5 Å². The van der Waals surface area contributed by atoms with Crippen LogP contribution in [0.4, 0.5) is 0 Å². The lowest BCUT2D eigenvalue weighted by molar-refractivity contribution is -0.121. The summed E-state index contributed by atoms with van der Waals surface area (Å²) in [6.45, 7) is 5.93. The van der Waals surface area contributed by atoms with E-state index in [9.17, 15) is 13.2 Å². The van der Waals surface area contributed by atoms with Crippen molar-refractivity contribution < 1.29 is 13.2 Å². The average Bonchev–Trinajstić information content (AvgIpc) is 2.89. The molecule has 1 aromatic carbocycles. The summed E-state index contributed by atoms with van der Waals surface area (Å²) in [7, 11) is -3.21. The topological polar surface area (TPSA) is 91.9 Å². The van der Waals surface area contributed by atoms with E-state index in [2.05, 4.69) is 15.5 Å². The maximum atomic E-state index is 12.3. The van der Waals surface area contributed by atoms with Crippen molar-refractivity contribution in [3.63, 3.8) is 0 Å². The van der Waals surface area contributed by atoms with Gasteiger partial charge in [0.25, 0.3) is 0 Å². The van der Waals surface area contributed by atoms with Gasteiger partial charge in [-0.15, -0.1) is 0 Å². The Morgan fingerprint density at radius 1 is 1.24 bits per heavy atom. The lowest BCUT2D eigenvalue weighted by Gasteiger charge is -2.17. The van der Waals surface area contributed by atoms with E-state index in [-0.39, 0.29) is 16.8 Å². The number of sulfone groups is 1. The zero-order chi connectivity index (χ0) is 18.6. The number of carbonyl (C=O) groups excluding carboxylic acids is 1. The third kappa shape index (κ3) is 4.92. The number of H-pyrrole nitrogens is 1. The van der Waals surface area contributed by atoms with Gasteiger partial charge < -0.3 is 5.32 Å². The Hall–Kier alpha value is -2.15. The van der Waals surface area contributed by atoms with Gasteiger partial charge in [0.1, 0.15) is 0 Å². The standard InChI is InChI=1S/C18H25N3O3S/c1-5-16(14-6-8-15(9-7-14)25(4,23)24)19-18(22)11-10-17-12(2)13(3)20-21-17/h6-9,16H,5,10-11H2,1-4H3,(H,19,22)(H,20,21)/t16-/m1/s1. The van der Waals surface area contributed by atoms with Crippen LogP contribution in [0.2, 0.25) is 0 Å². The van der Waals surface area contributed by atoms with Crippen molar-refractivity contribution in [2.24, 2.45) is 0 Å². The Balaban J connectivity index is 1.99. The van der Waals surface area contributed by atoms with Crippen LogP contribution in [-0.4, -0.2) is 30.8 Å². The molecule has 0 bridgehead atoms. The molecule has 2 rings (SSSR count). The van der Waals surface area contributed by atoms with Gasteiger partial charge in [-0.25, -0.2) is 8.42 Å². The molecule has 1 amide bonds. The second-order valence-electron chi connectivity index (χ2n) is 6.29. The zero-order valence-corrected chi connectivity index (χ0v) is 15.9. The van der Waals surface area contributed by atoms with E-state index in [1.165, 1.54) is 6.26 Å². The van der Waals surface area contributed by atoms with Gasteiger partial charge in [-0.1, -0.05) is 19.1 Å². The van der Waals surface area contributed by atoms with Crippen LogP contribution in [0.15, 0.2) is 29.2 Å². The quantitative estimate of drug-likeness (QED) is 0.791. The first kappa shape index (κ1) is 19.2. The molecule has 0 aliphatic carbocycles. The molecule has 25 heavy (non-hydrogen) atoms. The monoisotopic (exact) mass is 363 g/mol. The molecular weight excluding hydrogens is 338 g/mol. The highest BCUT2D eigenvalue weighted by Crippen LogP contribution is 2.19. The number of hydrogen-bond donors (Lipinski definition) is 2. The van der Waals surface area contributed by atoms with Crippen molar-refractivity contribution in [1.82, 2.24) is 15.5 Å². The van der Waals surface area contributed by atoms with Gasteiger partial charge in [0, 0.05) is 24.8 Å². The molecule has 1 atom stereocenters. The lowest BCUT2D eigenvalue weighted by atomic mass is 10.0. The van der Waals surface area contributed by atoms with Crippen LogP contribution >= 0.6 is 0 Å². The molecule has 6 nitrogen and oxygen atoms in total. The molecule has 0 aliphatic rings. The normalized spacial score (nSPS) is 12.8. The van der Waals surface area contributed by atoms with Gasteiger partial charge in [0.2, 0.25) is 5.91 Å². The molecule has 0 spiro atoms. The average molecular weight is 363 g/mol. The van der Waals surface area contributed by atoms with E-state index in [1.54, 1.807) is 24.3 Å². The number of rotatable bonds is 7. The summed E-state index contributed by atoms with van der Waals surface area (Å²) < 4.78 is 23.1. The molecule has 2 aromatic rings. The van der Waals surface area contributed by atoms with Crippen LogP contribution in [0.1, 0.15) is 48.3 Å². The molecular formula is C18H25N3O3S. The van der Waals surface area contributed by atoms with Crippen LogP contribution in [0, 0.1) is 13.8 Å². The molecule has 1 heterocycles. The number of aromatic nitrogens is 2. The van der Waals surface area contributed by atoms with Gasteiger partial charge in [-0.3, -0.25) is 9.89 Å². The predicted octanol–water partition coefficient (Wildman–Crippen LogP) is 2.63. The molecule has 0 saturated carbocycles. The summed E-state index contributed by atoms with van der Waals surface area (Å²) in [5, 5.41) is 10.2. The van der Waals surface area contributed by atoms with E-state index in [0.717, 1.165) is 28.9 Å². The molecule has 7 heteroatoms. The molecule has 0 fully saturated rings. The van der Waals surface area contributed by atoms with Crippen molar-refractivity contribution in [3.05, 3.63) is 46.8 Å². The number of carbonyl (C=O) groups is 1. The maximum absolute atomic E-state index is 12.3. The van der Waals surface area contributed by atoms with Crippen molar-refractivity contribution in [3.8, 4) is 0 Å². The van der Waals surface area contributed by atoms with Gasteiger partial charge in [0.15, 0.2) is 9.84 Å². The predicted molar refractivity (Wildman–Crippen MR) is 97.1 cm³/mol. The Morgan fingerprint density at radius 2 is 1.88 bits per heavy atom. The number of benzene rings is 1. The second-order valence-corrected chi connectivity index (χ2v) is 8.31. The number of amides is 1. The number of nitrogens with one attached hydrogen (secondary N) is 2. The van der Waals surface area contributed by atoms with E-state index in [0.29, 0.717) is 12.8 Å². The van der Waals surface area contributed by atoms with Gasteiger partial charge in [0.05, 0.1) is 16.6 Å². The maximum Gasteiger partial charge on any atom is 0.220 e. The van der Waals surface area contributed by atoms with Crippen LogP contribution in [0.3, 0.4) is 0 Å². The third-order valence-electron chi connectivity index (χ3n) is 4.40. The smallest absolute Gasteiger partial charge is 0.220 e. The minimum atomic E-state index is -3.21. The summed E-state index contributed by atoms with van der Waals surface area (Å²) in [4.78, 5) is 12.5. The highest BCUT2D eigenvalue weighted by atomic mass is 32.2. The molecule has 0 aliphatic heterocycles. The fourth-order valence-electron chi connectivity index (χ4n) is 2.65. The Morgan fingerprint density at radius 3 is 2.36 bits per heavy atom. The Labute approximate surface area is 149 Å². The van der Waals surface area contributed by atoms with E-state index in [4.69, 9.17) is 0 Å². The number of hydrogen-bond acceptors (Lipinski definition) is 4. The molecule has 0 unspecified atom stereocenters. The highest BCUT2D eigenvalue weighted by molar-refractivity contribution is 7.90. The van der Waals surface area contributed by atoms with Crippen molar-refractivity contribution in [2.75, 3.05) is 6.26 Å². The number of nitrogens with zero attached hydrogens (tertiary/aromatic N) is 1. The van der Waals surface area contributed by atoms with E-state index < -0.39 is 9.84 Å². The first-order valence-corrected chi connectivity index (χ1v) is 10.2. The van der Waals surface area contributed by atoms with Crippen LogP contribution in [-0.2, 0) is 21.1 Å². The Kier molecular flexibility index (Phi) is 6.00. The summed E-state index contributed by atoms with van der Waals surface area (Å²) in [6, 6.07) is 6.53. The molecule has 2 N–H and O–H groups in total. The Bertz CT molecular complexity index is 839. The van der Waals surface area contributed by atoms with Crippen molar-refractivity contribution in [2.45, 2.75) is 51.0 Å². The first-order chi connectivity index (χ1) is 11.7. The van der Waals surface area contributed by atoms with E-state index >= 15 is 0 Å². The second kappa shape index (κ2) is 7.82. The molecule has 0 saturated heterocycles. The van der Waals surface area contributed by atoms with E-state index in [1.807, 2.05) is 20.8 Å². The summed E-state index contributed by atoms with van der Waals surface area (Å²) in [5.74, 6) is -0.0425. The summed E-state index contributed by atoms with van der Waals surface area (Å²) >= 11 is 0. The molecule has 136 valence electrons. The minimum Gasteiger partial charge on any atom is -0.349 e. The summed E-state index contributed by atoms with van der Waals surface area (Å²) in [5.41, 5.74) is 3.93. The van der Waals surface area contributed by atoms with Crippen LogP contribution < -0.4 is 5.32 Å². The SMILES string of the molecule is CC[C@@H](NC(=O)CCc1n[nH]c(C)c1C)c1ccc(S(C)(=O)=O)cc1. The highest BCUT2D eigenvalue weighted by Gasteiger charge is 2.15. The van der Waals surface area contributed by atoms with Crippen LogP contribution in [0.5, 0.6) is 0 Å². The minimum absolute atomic E-state index is 0.0425. The van der Waals surface area contributed by atoms with Gasteiger partial charge in [-0.2, -0.15) is 5.10 Å². The summed E-state index contributed by atoms with van der Waals surface area (Å²) in [6.07, 6.45) is 2.86. The van der Waals surface area contributed by atoms with Crippen molar-refractivity contribution in [1.29, 1.82) is 0 Å². The zero-order valence-electron chi connectivity index (χ0n) is 15.1. The molecule has 0 radical (unpaired) electrons.